The molecule has 0 spiro atoms. The Hall–Kier alpha value is -3.49. The summed E-state index contributed by atoms with van der Waals surface area (Å²) in [7, 11) is 0. The third-order valence-electron chi connectivity index (χ3n) is 8.09. The molecule has 3 aromatic rings. The lowest BCUT2D eigenvalue weighted by molar-refractivity contribution is -0.128. The summed E-state index contributed by atoms with van der Waals surface area (Å²) in [6, 6.07) is 15.9. The summed E-state index contributed by atoms with van der Waals surface area (Å²) in [5.41, 5.74) is 2.80. The van der Waals surface area contributed by atoms with Crippen LogP contribution in [0.25, 0.3) is 10.9 Å². The average Bonchev–Trinajstić information content (AvgIpc) is 3.47. The first-order valence-electron chi connectivity index (χ1n) is 14.8. The molecule has 1 saturated heterocycles. The average molecular weight is 560 g/mol. The van der Waals surface area contributed by atoms with E-state index in [0.29, 0.717) is 49.7 Å². The molecule has 1 aliphatic heterocycles. The first kappa shape index (κ1) is 29.0. The topological polar surface area (TPSA) is 101 Å². The number of aliphatic hydroxyl groups is 1. The first-order chi connectivity index (χ1) is 19.9. The van der Waals surface area contributed by atoms with Crippen molar-refractivity contribution >= 4 is 22.7 Å². The normalized spacial score (nSPS) is 21.0. The second-order valence-corrected chi connectivity index (χ2v) is 11.6. The second-order valence-electron chi connectivity index (χ2n) is 11.6. The smallest absolute Gasteiger partial charge is 0.273 e. The van der Waals surface area contributed by atoms with E-state index in [1.165, 1.54) is 0 Å². The van der Waals surface area contributed by atoms with Crippen LogP contribution in [-0.2, 0) is 16.0 Å². The molecule has 5 rings (SSSR count). The van der Waals surface area contributed by atoms with Crippen molar-refractivity contribution < 1.29 is 24.2 Å². The van der Waals surface area contributed by atoms with Crippen molar-refractivity contribution in [2.24, 2.45) is 11.8 Å². The molecule has 218 valence electrons. The molecule has 8 heteroatoms. The summed E-state index contributed by atoms with van der Waals surface area (Å²) in [6.07, 6.45) is 2.74. The Morgan fingerprint density at radius 3 is 2.63 bits per heavy atom. The number of hydrogen-bond donors (Lipinski definition) is 2. The molecule has 2 heterocycles. The predicted molar refractivity (Wildman–Crippen MR) is 158 cm³/mol. The van der Waals surface area contributed by atoms with E-state index < -0.39 is 6.04 Å². The number of carbonyl (C=O) groups is 2. The molecule has 41 heavy (non-hydrogen) atoms. The van der Waals surface area contributed by atoms with E-state index in [4.69, 9.17) is 14.5 Å². The number of benzene rings is 2. The molecule has 2 unspecified atom stereocenters. The van der Waals surface area contributed by atoms with Crippen molar-refractivity contribution in [3.05, 3.63) is 71.4 Å². The van der Waals surface area contributed by atoms with Crippen molar-refractivity contribution in [2.45, 2.75) is 64.6 Å². The third-order valence-corrected chi connectivity index (χ3v) is 8.09. The van der Waals surface area contributed by atoms with E-state index in [9.17, 15) is 14.7 Å². The van der Waals surface area contributed by atoms with Gasteiger partial charge in [-0.05, 0) is 55.2 Å². The minimum atomic E-state index is -0.935. The van der Waals surface area contributed by atoms with Crippen LogP contribution in [0, 0.1) is 11.8 Å². The molecule has 0 bridgehead atoms. The van der Waals surface area contributed by atoms with Gasteiger partial charge in [0.1, 0.15) is 17.5 Å². The van der Waals surface area contributed by atoms with Gasteiger partial charge in [-0.25, -0.2) is 4.98 Å². The molecule has 1 aliphatic carbocycles. The number of aryl methyl sites for hydroxylation is 1. The second kappa shape index (κ2) is 13.0. The minimum Gasteiger partial charge on any atom is -0.493 e. The fourth-order valence-electron chi connectivity index (χ4n) is 5.76. The number of aromatic nitrogens is 1. The molecular formula is C33H41N3O5. The number of para-hydroxylation sites is 2. The van der Waals surface area contributed by atoms with Crippen molar-refractivity contribution in [3.63, 3.8) is 0 Å². The minimum absolute atomic E-state index is 0.0526. The number of pyridine rings is 1. The number of nitrogens with one attached hydrogen (secondary N) is 1. The number of carbonyl (C=O) groups excluding carboxylic acids is 2. The monoisotopic (exact) mass is 559 g/mol. The highest BCUT2D eigenvalue weighted by Crippen LogP contribution is 2.40. The number of hydrogen-bond acceptors (Lipinski definition) is 6. The van der Waals surface area contributed by atoms with Gasteiger partial charge in [-0.2, -0.15) is 0 Å². The fraction of sp³-hybridized carbons (Fsp3) is 0.485. The lowest BCUT2D eigenvalue weighted by Crippen LogP contribution is -2.55. The van der Waals surface area contributed by atoms with Crippen LogP contribution in [0.15, 0.2) is 54.6 Å². The van der Waals surface area contributed by atoms with Crippen LogP contribution in [0.1, 0.15) is 67.7 Å². The summed E-state index contributed by atoms with van der Waals surface area (Å²) in [5, 5.41) is 13.9. The zero-order valence-corrected chi connectivity index (χ0v) is 24.2. The van der Waals surface area contributed by atoms with Gasteiger partial charge >= 0.3 is 0 Å². The largest absolute Gasteiger partial charge is 0.493 e. The van der Waals surface area contributed by atoms with Crippen LogP contribution in [0.4, 0.5) is 0 Å². The van der Waals surface area contributed by atoms with E-state index in [1.54, 1.807) is 11.0 Å². The number of amides is 2. The van der Waals surface area contributed by atoms with E-state index in [-0.39, 0.29) is 42.3 Å². The summed E-state index contributed by atoms with van der Waals surface area (Å²) in [4.78, 5) is 35.2. The SMILES string of the molecule is CCc1cccc2ccc(C(=O)N(C3CC(CO)C3)C(C(=O)NC3CCOC3)c3ccccc3OCC(C)C)nc12. The Kier molecular flexibility index (Phi) is 9.20. The number of fused-ring (bicyclic) bond motifs is 1. The van der Waals surface area contributed by atoms with Crippen LogP contribution < -0.4 is 10.1 Å². The maximum Gasteiger partial charge on any atom is 0.273 e. The van der Waals surface area contributed by atoms with E-state index >= 15 is 0 Å². The van der Waals surface area contributed by atoms with E-state index in [1.807, 2.05) is 48.5 Å². The molecule has 0 radical (unpaired) electrons. The summed E-state index contributed by atoms with van der Waals surface area (Å²) in [6.45, 7) is 7.79. The lowest BCUT2D eigenvalue weighted by atomic mass is 9.78. The molecule has 2 aromatic carbocycles. The molecule has 1 saturated carbocycles. The standard InChI is InChI=1S/C33H41N3O5/c1-4-23-8-7-9-24-12-13-28(35-30(23)24)33(39)36(26-16-22(17-26)18-37)31(32(38)34-25-14-15-40-20-25)27-10-5-6-11-29(27)41-19-21(2)3/h5-13,21-22,25-26,31,37H,4,14-20H2,1-3H3,(H,34,38). The molecule has 2 atom stereocenters. The quantitative estimate of drug-likeness (QED) is 0.354. The number of nitrogens with zero attached hydrogens (tertiary/aromatic N) is 2. The van der Waals surface area contributed by atoms with Crippen molar-refractivity contribution in [2.75, 3.05) is 26.4 Å². The fourth-order valence-corrected chi connectivity index (χ4v) is 5.76. The number of aliphatic hydroxyl groups excluding tert-OH is 1. The summed E-state index contributed by atoms with van der Waals surface area (Å²) < 4.78 is 11.7. The predicted octanol–water partition coefficient (Wildman–Crippen LogP) is 4.69. The molecular weight excluding hydrogens is 518 g/mol. The highest BCUT2D eigenvalue weighted by Gasteiger charge is 2.44. The highest BCUT2D eigenvalue weighted by atomic mass is 16.5. The lowest BCUT2D eigenvalue weighted by Gasteiger charge is -2.45. The first-order valence-corrected chi connectivity index (χ1v) is 14.8. The number of rotatable bonds is 11. The van der Waals surface area contributed by atoms with Crippen molar-refractivity contribution in [3.8, 4) is 5.75 Å². The van der Waals surface area contributed by atoms with Crippen molar-refractivity contribution in [1.82, 2.24) is 15.2 Å². The summed E-state index contributed by atoms with van der Waals surface area (Å²) >= 11 is 0. The zero-order chi connectivity index (χ0) is 28.9. The van der Waals surface area contributed by atoms with Crippen LogP contribution in [0.2, 0.25) is 0 Å². The van der Waals surface area contributed by atoms with Gasteiger partial charge in [-0.15, -0.1) is 0 Å². The Balaban J connectivity index is 1.59. The van der Waals surface area contributed by atoms with Gasteiger partial charge in [0, 0.05) is 30.2 Å². The van der Waals surface area contributed by atoms with Gasteiger partial charge < -0.3 is 24.8 Å². The van der Waals surface area contributed by atoms with Crippen molar-refractivity contribution in [1.29, 1.82) is 0 Å². The molecule has 2 amide bonds. The summed E-state index contributed by atoms with van der Waals surface area (Å²) in [5.74, 6) is 0.387. The molecule has 2 fully saturated rings. The van der Waals surface area contributed by atoms with Gasteiger partial charge in [0.25, 0.3) is 5.91 Å². The Labute approximate surface area is 242 Å². The Morgan fingerprint density at radius 1 is 1.12 bits per heavy atom. The van der Waals surface area contributed by atoms with Gasteiger partial charge in [0.2, 0.25) is 5.91 Å². The maximum absolute atomic E-state index is 14.5. The van der Waals surface area contributed by atoms with Crippen LogP contribution >= 0.6 is 0 Å². The number of ether oxygens (including phenoxy) is 2. The molecule has 8 nitrogen and oxygen atoms in total. The zero-order valence-electron chi connectivity index (χ0n) is 24.2. The van der Waals surface area contributed by atoms with E-state index in [2.05, 4.69) is 26.1 Å². The van der Waals surface area contributed by atoms with Crippen LogP contribution in [0.5, 0.6) is 5.75 Å². The molecule has 2 aliphatic rings. The Morgan fingerprint density at radius 2 is 1.93 bits per heavy atom. The van der Waals surface area contributed by atoms with Crippen LogP contribution in [-0.4, -0.2) is 65.3 Å². The van der Waals surface area contributed by atoms with Gasteiger partial charge in [0.15, 0.2) is 0 Å². The van der Waals surface area contributed by atoms with Crippen LogP contribution in [0.3, 0.4) is 0 Å². The third kappa shape index (κ3) is 6.39. The van der Waals surface area contributed by atoms with Gasteiger partial charge in [0.05, 0.1) is 24.8 Å². The maximum atomic E-state index is 14.5. The molecule has 2 N–H and O–H groups in total. The highest BCUT2D eigenvalue weighted by molar-refractivity contribution is 5.99. The molecule has 1 aromatic heterocycles. The Bertz CT molecular complexity index is 1360. The van der Waals surface area contributed by atoms with E-state index in [0.717, 1.165) is 29.3 Å². The van der Waals surface area contributed by atoms with Gasteiger partial charge in [-0.3, -0.25) is 9.59 Å². The van der Waals surface area contributed by atoms with Gasteiger partial charge in [-0.1, -0.05) is 63.2 Å².